The lowest BCUT2D eigenvalue weighted by Gasteiger charge is -2.09. The van der Waals surface area contributed by atoms with Crippen molar-refractivity contribution in [1.82, 2.24) is 19.7 Å². The van der Waals surface area contributed by atoms with E-state index in [0.29, 0.717) is 16.6 Å². The van der Waals surface area contributed by atoms with Crippen molar-refractivity contribution >= 4 is 34.1 Å². The number of hydrogen-bond acceptors (Lipinski definition) is 5. The summed E-state index contributed by atoms with van der Waals surface area (Å²) in [4.78, 5) is 8.75. The molecule has 1 N–H and O–H groups in total. The van der Waals surface area contributed by atoms with Crippen LogP contribution in [0.25, 0.3) is 16.7 Å². The van der Waals surface area contributed by atoms with E-state index >= 15 is 0 Å². The zero-order valence-electron chi connectivity index (χ0n) is 14.3. The summed E-state index contributed by atoms with van der Waals surface area (Å²) in [6, 6.07) is 13.6. The van der Waals surface area contributed by atoms with Crippen LogP contribution in [0.1, 0.15) is 5.56 Å². The van der Waals surface area contributed by atoms with Crippen LogP contribution in [0.2, 0.25) is 5.02 Å². The topological polar surface area (TPSA) is 64.9 Å². The molecule has 0 unspecified atom stereocenters. The van der Waals surface area contributed by atoms with Gasteiger partial charge >= 0.3 is 0 Å². The molecule has 26 heavy (non-hydrogen) atoms. The molecule has 0 saturated carbocycles. The number of fused-ring (bicyclic) bond motifs is 1. The van der Waals surface area contributed by atoms with Crippen LogP contribution >= 0.6 is 11.6 Å². The highest BCUT2D eigenvalue weighted by Gasteiger charge is 2.12. The second kappa shape index (κ2) is 6.65. The zero-order valence-corrected chi connectivity index (χ0v) is 15.0. The maximum Gasteiger partial charge on any atom is 0.168 e. The van der Waals surface area contributed by atoms with E-state index in [0.717, 1.165) is 28.0 Å². The van der Waals surface area contributed by atoms with E-state index in [9.17, 15) is 0 Å². The van der Waals surface area contributed by atoms with Crippen LogP contribution in [-0.4, -0.2) is 26.9 Å². The van der Waals surface area contributed by atoms with E-state index in [2.05, 4.69) is 26.4 Å². The first-order valence-corrected chi connectivity index (χ1v) is 8.40. The van der Waals surface area contributed by atoms with Crippen molar-refractivity contribution < 1.29 is 4.74 Å². The molecule has 2 aromatic carbocycles. The molecule has 0 saturated heterocycles. The minimum Gasteiger partial charge on any atom is -0.495 e. The number of anilines is 2. The Hall–Kier alpha value is -3.12. The molecule has 0 amide bonds. The quantitative estimate of drug-likeness (QED) is 0.575. The molecule has 2 heterocycles. The van der Waals surface area contributed by atoms with Gasteiger partial charge in [-0.15, -0.1) is 0 Å². The number of benzene rings is 2. The van der Waals surface area contributed by atoms with Crippen LogP contribution in [0.15, 0.2) is 55.0 Å². The Balaban J connectivity index is 1.74. The van der Waals surface area contributed by atoms with Gasteiger partial charge < -0.3 is 10.1 Å². The molecule has 6 nitrogen and oxygen atoms in total. The van der Waals surface area contributed by atoms with Crippen LogP contribution in [0, 0.1) is 6.92 Å². The Bertz CT molecular complexity index is 1090. The molecule has 0 bridgehead atoms. The van der Waals surface area contributed by atoms with Crippen LogP contribution in [-0.2, 0) is 0 Å². The van der Waals surface area contributed by atoms with E-state index in [-0.39, 0.29) is 0 Å². The van der Waals surface area contributed by atoms with Crippen LogP contribution in [0.4, 0.5) is 11.5 Å². The first-order chi connectivity index (χ1) is 12.7. The van der Waals surface area contributed by atoms with Crippen molar-refractivity contribution in [2.24, 2.45) is 0 Å². The molecule has 0 aliphatic rings. The zero-order chi connectivity index (χ0) is 18.1. The summed E-state index contributed by atoms with van der Waals surface area (Å²) < 4.78 is 6.99. The Morgan fingerprint density at radius 2 is 2.00 bits per heavy atom. The fourth-order valence-corrected chi connectivity index (χ4v) is 3.03. The number of aryl methyl sites for hydroxylation is 1. The number of halogens is 1. The van der Waals surface area contributed by atoms with Gasteiger partial charge in [-0.25, -0.2) is 14.6 Å². The molecule has 130 valence electrons. The van der Waals surface area contributed by atoms with E-state index in [1.807, 2.05) is 31.2 Å². The van der Waals surface area contributed by atoms with Gasteiger partial charge in [0.2, 0.25) is 0 Å². The van der Waals surface area contributed by atoms with Gasteiger partial charge in [-0.3, -0.25) is 0 Å². The van der Waals surface area contributed by atoms with Crippen molar-refractivity contribution in [1.29, 1.82) is 0 Å². The number of rotatable bonds is 4. The average Bonchev–Trinajstić information content (AvgIpc) is 3.07. The van der Waals surface area contributed by atoms with Crippen molar-refractivity contribution in [2.45, 2.75) is 6.92 Å². The first-order valence-electron chi connectivity index (χ1n) is 8.02. The summed E-state index contributed by atoms with van der Waals surface area (Å²) in [7, 11) is 1.59. The minimum absolute atomic E-state index is 0.526. The summed E-state index contributed by atoms with van der Waals surface area (Å²) >= 11 is 6.20. The average molecular weight is 366 g/mol. The summed E-state index contributed by atoms with van der Waals surface area (Å²) in [6.07, 6.45) is 3.27. The fourth-order valence-electron chi connectivity index (χ4n) is 2.77. The lowest BCUT2D eigenvalue weighted by molar-refractivity contribution is 0.415. The Morgan fingerprint density at radius 3 is 2.77 bits per heavy atom. The molecule has 0 atom stereocenters. The number of ether oxygens (including phenoxy) is 1. The number of hydrogen-bond donors (Lipinski definition) is 1. The van der Waals surface area contributed by atoms with Crippen molar-refractivity contribution in [3.05, 3.63) is 65.6 Å². The lowest BCUT2D eigenvalue weighted by atomic mass is 10.2. The van der Waals surface area contributed by atoms with Crippen molar-refractivity contribution in [2.75, 3.05) is 12.4 Å². The number of nitrogens with zero attached hydrogens (tertiary/aromatic N) is 4. The number of nitrogens with one attached hydrogen (secondary N) is 1. The Labute approximate surface area is 155 Å². The predicted octanol–water partition coefficient (Wildman–Crippen LogP) is 4.53. The molecule has 0 aliphatic carbocycles. The van der Waals surface area contributed by atoms with Crippen LogP contribution in [0.5, 0.6) is 5.75 Å². The second-order valence-corrected chi connectivity index (χ2v) is 6.24. The van der Waals surface area contributed by atoms with Crippen molar-refractivity contribution in [3.63, 3.8) is 0 Å². The highest BCUT2D eigenvalue weighted by molar-refractivity contribution is 6.32. The molecule has 0 spiro atoms. The van der Waals surface area contributed by atoms with Gasteiger partial charge in [-0.1, -0.05) is 23.7 Å². The van der Waals surface area contributed by atoms with Gasteiger partial charge in [0.05, 0.1) is 29.4 Å². The molecule has 0 radical (unpaired) electrons. The van der Waals surface area contributed by atoms with Gasteiger partial charge in [-0.2, -0.15) is 5.10 Å². The van der Waals surface area contributed by atoms with Gasteiger partial charge in [0, 0.05) is 5.69 Å². The molecule has 4 rings (SSSR count). The van der Waals surface area contributed by atoms with E-state index in [1.165, 1.54) is 6.33 Å². The highest BCUT2D eigenvalue weighted by Crippen LogP contribution is 2.30. The highest BCUT2D eigenvalue weighted by atomic mass is 35.5. The molecular formula is C19H16ClN5O. The van der Waals surface area contributed by atoms with E-state index in [1.54, 1.807) is 30.1 Å². The maximum absolute atomic E-state index is 6.20. The fraction of sp³-hybridized carbons (Fsp3) is 0.105. The normalized spacial score (nSPS) is 10.9. The second-order valence-electron chi connectivity index (χ2n) is 5.83. The maximum atomic E-state index is 6.20. The predicted molar refractivity (Wildman–Crippen MR) is 103 cm³/mol. The largest absolute Gasteiger partial charge is 0.495 e. The molecule has 2 aromatic heterocycles. The molecular weight excluding hydrogens is 350 g/mol. The number of methoxy groups -OCH3 is 1. The van der Waals surface area contributed by atoms with E-state index in [4.69, 9.17) is 16.3 Å². The van der Waals surface area contributed by atoms with Crippen molar-refractivity contribution in [3.8, 4) is 11.4 Å². The van der Waals surface area contributed by atoms with E-state index < -0.39 is 0 Å². The van der Waals surface area contributed by atoms with Gasteiger partial charge in [0.1, 0.15) is 17.9 Å². The third kappa shape index (κ3) is 2.95. The summed E-state index contributed by atoms with van der Waals surface area (Å²) in [5.74, 6) is 1.28. The summed E-state index contributed by atoms with van der Waals surface area (Å²) in [5, 5.41) is 9.10. The Kier molecular flexibility index (Phi) is 4.18. The third-order valence-electron chi connectivity index (χ3n) is 4.03. The summed E-state index contributed by atoms with van der Waals surface area (Å²) in [5.41, 5.74) is 3.65. The SMILES string of the molecule is COc1ccc(Nc2ncnc3c2cnn3-c2cccc(C)c2)cc1Cl. The van der Waals surface area contributed by atoms with Crippen LogP contribution < -0.4 is 10.1 Å². The monoisotopic (exact) mass is 365 g/mol. The number of aromatic nitrogens is 4. The smallest absolute Gasteiger partial charge is 0.168 e. The van der Waals surface area contributed by atoms with Gasteiger partial charge in [0.15, 0.2) is 5.65 Å². The lowest BCUT2D eigenvalue weighted by Crippen LogP contribution is -2.00. The first kappa shape index (κ1) is 16.4. The van der Waals surface area contributed by atoms with Gasteiger partial charge in [-0.05, 0) is 42.8 Å². The van der Waals surface area contributed by atoms with Gasteiger partial charge in [0.25, 0.3) is 0 Å². The standard InChI is InChI=1S/C19H16ClN5O/c1-12-4-3-5-14(8-12)25-19-15(10-23-25)18(21-11-22-19)24-13-6-7-17(26-2)16(20)9-13/h3-11H,1-2H3,(H,21,22,24). The molecule has 7 heteroatoms. The molecule has 4 aromatic rings. The Morgan fingerprint density at radius 1 is 1.12 bits per heavy atom. The summed E-state index contributed by atoms with van der Waals surface area (Å²) in [6.45, 7) is 2.05. The third-order valence-corrected chi connectivity index (χ3v) is 4.32. The minimum atomic E-state index is 0.526. The van der Waals surface area contributed by atoms with Crippen LogP contribution in [0.3, 0.4) is 0 Å². The molecule has 0 fully saturated rings. The molecule has 0 aliphatic heterocycles.